The molecule has 0 heterocycles. The summed E-state index contributed by atoms with van der Waals surface area (Å²) in [5, 5.41) is 0. The Morgan fingerprint density at radius 3 is 2.47 bits per heavy atom. The summed E-state index contributed by atoms with van der Waals surface area (Å²) in [6.45, 7) is 5.61. The summed E-state index contributed by atoms with van der Waals surface area (Å²) >= 11 is 0. The van der Waals surface area contributed by atoms with Crippen LogP contribution in [0.2, 0.25) is 0 Å². The van der Waals surface area contributed by atoms with Gasteiger partial charge in [0.15, 0.2) is 0 Å². The van der Waals surface area contributed by atoms with Crippen molar-refractivity contribution in [2.24, 2.45) is 0 Å². The maximum atomic E-state index is 13.4. The Bertz CT molecular complexity index is 329. The third-order valence-electron chi connectivity index (χ3n) is 2.57. The first kappa shape index (κ1) is 12.2. The van der Waals surface area contributed by atoms with E-state index >= 15 is 0 Å². The second kappa shape index (κ2) is 4.73. The lowest BCUT2D eigenvalue weighted by molar-refractivity contribution is -0.00786. The van der Waals surface area contributed by atoms with Gasteiger partial charge in [0.2, 0.25) is 0 Å². The molecule has 0 atom stereocenters. The fourth-order valence-electron chi connectivity index (χ4n) is 1.72. The largest absolute Gasteiger partial charge is 0.252 e. The van der Waals surface area contributed by atoms with E-state index in [-0.39, 0.29) is 12.8 Å². The second-order valence-corrected chi connectivity index (χ2v) is 4.21. The van der Waals surface area contributed by atoms with Gasteiger partial charge in [-0.3, -0.25) is 0 Å². The summed E-state index contributed by atoms with van der Waals surface area (Å²) in [7, 11) is 0. The summed E-state index contributed by atoms with van der Waals surface area (Å²) in [5.74, 6) is -2.56. The zero-order valence-corrected chi connectivity index (χ0v) is 9.61. The van der Waals surface area contributed by atoms with Crippen molar-refractivity contribution in [2.45, 2.75) is 46.0 Å². The van der Waals surface area contributed by atoms with Crippen LogP contribution in [0.5, 0.6) is 0 Å². The van der Waals surface area contributed by atoms with E-state index in [1.165, 1.54) is 0 Å². The van der Waals surface area contributed by atoms with Crippen molar-refractivity contribution < 1.29 is 8.78 Å². The first-order valence-electron chi connectivity index (χ1n) is 5.38. The minimum Gasteiger partial charge on any atom is -0.207 e. The van der Waals surface area contributed by atoms with Gasteiger partial charge in [-0.25, -0.2) is 8.78 Å². The normalized spacial score (nSPS) is 11.8. The van der Waals surface area contributed by atoms with Crippen molar-refractivity contribution in [1.29, 1.82) is 0 Å². The van der Waals surface area contributed by atoms with Crippen LogP contribution in [0.15, 0.2) is 18.2 Å². The highest BCUT2D eigenvalue weighted by molar-refractivity contribution is 5.31. The summed E-state index contributed by atoms with van der Waals surface area (Å²) in [6, 6.07) is 5.72. The Kier molecular flexibility index (Phi) is 3.83. The Labute approximate surface area is 90.3 Å². The molecule has 0 fully saturated rings. The third-order valence-corrected chi connectivity index (χ3v) is 2.57. The molecule has 1 rings (SSSR count). The monoisotopic (exact) mass is 212 g/mol. The molecule has 0 aliphatic rings. The molecular formula is C13H18F2. The maximum Gasteiger partial charge on any atom is 0.252 e. The Morgan fingerprint density at radius 2 is 1.87 bits per heavy atom. The van der Waals surface area contributed by atoms with Crippen LogP contribution in [-0.2, 0) is 6.42 Å². The van der Waals surface area contributed by atoms with Gasteiger partial charge in [-0.1, -0.05) is 37.1 Å². The molecule has 0 unspecified atom stereocenters. The lowest BCUT2D eigenvalue weighted by Gasteiger charge is -2.17. The zero-order valence-electron chi connectivity index (χ0n) is 9.61. The molecule has 0 aromatic heterocycles. The van der Waals surface area contributed by atoms with E-state index in [1.54, 1.807) is 6.92 Å². The first-order valence-corrected chi connectivity index (χ1v) is 5.38. The average Bonchev–Trinajstić information content (AvgIpc) is 2.10. The van der Waals surface area contributed by atoms with Gasteiger partial charge in [-0.15, -0.1) is 0 Å². The Hall–Kier alpha value is -0.920. The minimum atomic E-state index is -2.56. The van der Waals surface area contributed by atoms with Crippen LogP contribution in [0.4, 0.5) is 8.78 Å². The van der Waals surface area contributed by atoms with Gasteiger partial charge < -0.3 is 0 Å². The maximum absolute atomic E-state index is 13.4. The van der Waals surface area contributed by atoms with Crippen LogP contribution in [0.25, 0.3) is 0 Å². The summed E-state index contributed by atoms with van der Waals surface area (Å²) in [4.78, 5) is 0. The van der Waals surface area contributed by atoms with Crippen molar-refractivity contribution in [3.8, 4) is 0 Å². The molecule has 0 spiro atoms. The molecule has 0 saturated carbocycles. The highest BCUT2D eigenvalue weighted by atomic mass is 19.3. The third kappa shape index (κ3) is 3.61. The van der Waals surface area contributed by atoms with Crippen molar-refractivity contribution in [3.05, 3.63) is 34.9 Å². The Balaban J connectivity index is 2.83. The van der Waals surface area contributed by atoms with Gasteiger partial charge in [-0.2, -0.15) is 0 Å². The molecule has 84 valence electrons. The molecule has 2 heteroatoms. The van der Waals surface area contributed by atoms with Gasteiger partial charge in [0.25, 0.3) is 5.92 Å². The highest BCUT2D eigenvalue weighted by Gasteiger charge is 2.28. The van der Waals surface area contributed by atoms with Gasteiger partial charge >= 0.3 is 0 Å². The molecule has 0 amide bonds. The number of benzene rings is 1. The van der Waals surface area contributed by atoms with E-state index in [0.29, 0.717) is 6.42 Å². The van der Waals surface area contributed by atoms with E-state index < -0.39 is 5.92 Å². The van der Waals surface area contributed by atoms with E-state index in [9.17, 15) is 8.78 Å². The summed E-state index contributed by atoms with van der Waals surface area (Å²) in [6.07, 6.45) is 0.368. The SMILES string of the molecule is CCCC(F)(F)Cc1cc(C)ccc1C. The van der Waals surface area contributed by atoms with Crippen LogP contribution < -0.4 is 0 Å². The van der Waals surface area contributed by atoms with Gasteiger partial charge in [-0.05, 0) is 25.0 Å². The quantitative estimate of drug-likeness (QED) is 0.698. The van der Waals surface area contributed by atoms with Gasteiger partial charge in [0.1, 0.15) is 0 Å². The zero-order chi connectivity index (χ0) is 11.5. The van der Waals surface area contributed by atoms with Crippen LogP contribution in [0, 0.1) is 13.8 Å². The molecule has 1 aromatic rings. The van der Waals surface area contributed by atoms with Gasteiger partial charge in [0, 0.05) is 12.8 Å². The van der Waals surface area contributed by atoms with E-state index in [4.69, 9.17) is 0 Å². The van der Waals surface area contributed by atoms with Crippen molar-refractivity contribution >= 4 is 0 Å². The molecule has 1 aromatic carbocycles. The van der Waals surface area contributed by atoms with Crippen LogP contribution in [0.1, 0.15) is 36.5 Å². The van der Waals surface area contributed by atoms with E-state index in [0.717, 1.165) is 16.7 Å². The summed E-state index contributed by atoms with van der Waals surface area (Å²) in [5.41, 5.74) is 2.77. The first-order chi connectivity index (χ1) is 6.94. The van der Waals surface area contributed by atoms with Crippen LogP contribution in [-0.4, -0.2) is 5.92 Å². The lowest BCUT2D eigenvalue weighted by atomic mass is 9.98. The molecule has 0 nitrogen and oxygen atoms in total. The fraction of sp³-hybridized carbons (Fsp3) is 0.538. The van der Waals surface area contributed by atoms with Crippen molar-refractivity contribution in [3.63, 3.8) is 0 Å². The molecule has 0 aliphatic heterocycles. The fourth-order valence-corrected chi connectivity index (χ4v) is 1.72. The smallest absolute Gasteiger partial charge is 0.207 e. The second-order valence-electron chi connectivity index (χ2n) is 4.21. The van der Waals surface area contributed by atoms with E-state index in [2.05, 4.69) is 0 Å². The van der Waals surface area contributed by atoms with Crippen LogP contribution >= 0.6 is 0 Å². The molecule has 15 heavy (non-hydrogen) atoms. The molecule has 0 saturated heterocycles. The number of rotatable bonds is 4. The number of hydrogen-bond donors (Lipinski definition) is 0. The lowest BCUT2D eigenvalue weighted by Crippen LogP contribution is -2.19. The topological polar surface area (TPSA) is 0 Å². The molecule has 0 bridgehead atoms. The molecule has 0 aliphatic carbocycles. The predicted octanol–water partition coefficient (Wildman–Crippen LogP) is 4.28. The number of halogens is 2. The predicted molar refractivity (Wildman–Crippen MR) is 59.5 cm³/mol. The number of hydrogen-bond acceptors (Lipinski definition) is 0. The molecular weight excluding hydrogens is 194 g/mol. The average molecular weight is 212 g/mol. The van der Waals surface area contributed by atoms with Gasteiger partial charge in [0.05, 0.1) is 0 Å². The summed E-state index contributed by atoms with van der Waals surface area (Å²) < 4.78 is 26.8. The highest BCUT2D eigenvalue weighted by Crippen LogP contribution is 2.27. The van der Waals surface area contributed by atoms with Crippen molar-refractivity contribution in [2.75, 3.05) is 0 Å². The van der Waals surface area contributed by atoms with Crippen molar-refractivity contribution in [1.82, 2.24) is 0 Å². The number of aryl methyl sites for hydroxylation is 2. The van der Waals surface area contributed by atoms with Crippen LogP contribution in [0.3, 0.4) is 0 Å². The Morgan fingerprint density at radius 1 is 1.20 bits per heavy atom. The minimum absolute atomic E-state index is 0.0274. The molecule has 0 N–H and O–H groups in total. The molecule has 0 radical (unpaired) electrons. The number of alkyl halides is 2. The standard InChI is InChI=1S/C13H18F2/c1-4-7-13(14,15)9-12-8-10(2)5-6-11(12)3/h5-6,8H,4,7,9H2,1-3H3. The van der Waals surface area contributed by atoms with E-state index in [1.807, 2.05) is 32.0 Å².